The Morgan fingerprint density at radius 2 is 1.68 bits per heavy atom. The lowest BCUT2D eigenvalue weighted by Crippen LogP contribution is -2.28. The van der Waals surface area contributed by atoms with Gasteiger partial charge in [0.2, 0.25) is 5.75 Å². The number of ether oxygens (including phenoxy) is 3. The van der Waals surface area contributed by atoms with Crippen molar-refractivity contribution in [3.63, 3.8) is 0 Å². The molecule has 0 fully saturated rings. The predicted octanol–water partition coefficient (Wildman–Crippen LogP) is 6.11. The molecule has 6 nitrogen and oxygen atoms in total. The second-order valence-electron chi connectivity index (χ2n) is 9.74. The van der Waals surface area contributed by atoms with Gasteiger partial charge in [0.1, 0.15) is 0 Å². The molecule has 4 rings (SSSR count). The zero-order chi connectivity index (χ0) is 24.6. The van der Waals surface area contributed by atoms with Gasteiger partial charge in [-0.1, -0.05) is 39.0 Å². The van der Waals surface area contributed by atoms with E-state index in [4.69, 9.17) is 19.2 Å². The van der Waals surface area contributed by atoms with Crippen molar-refractivity contribution >= 4 is 28.5 Å². The minimum absolute atomic E-state index is 0.00646. The van der Waals surface area contributed by atoms with Crippen molar-refractivity contribution in [1.29, 1.82) is 0 Å². The first-order valence-electron chi connectivity index (χ1n) is 11.3. The highest BCUT2D eigenvalue weighted by Crippen LogP contribution is 2.46. The monoisotopic (exact) mass is 461 g/mol. The molecule has 34 heavy (non-hydrogen) atoms. The highest BCUT2D eigenvalue weighted by Gasteiger charge is 2.35. The van der Waals surface area contributed by atoms with E-state index in [0.29, 0.717) is 40.1 Å². The molecule has 1 atom stereocenters. The number of para-hydroxylation sites is 1. The fourth-order valence-corrected chi connectivity index (χ4v) is 4.77. The van der Waals surface area contributed by atoms with Crippen LogP contribution in [0.2, 0.25) is 0 Å². The summed E-state index contributed by atoms with van der Waals surface area (Å²) in [5, 5.41) is 10.9. The van der Waals surface area contributed by atoms with E-state index < -0.39 is 5.97 Å². The molecule has 3 aromatic rings. The van der Waals surface area contributed by atoms with E-state index in [1.165, 1.54) is 0 Å². The molecule has 178 valence electrons. The van der Waals surface area contributed by atoms with Crippen LogP contribution in [0.25, 0.3) is 22.6 Å². The number of rotatable bonds is 5. The third-order valence-corrected chi connectivity index (χ3v) is 6.68. The molecule has 0 saturated heterocycles. The number of fused-ring (bicyclic) bond motifs is 2. The molecule has 0 spiro atoms. The van der Waals surface area contributed by atoms with Crippen molar-refractivity contribution in [2.75, 3.05) is 21.3 Å². The zero-order valence-electron chi connectivity index (χ0n) is 20.6. The molecule has 0 bridgehead atoms. The van der Waals surface area contributed by atoms with Crippen LogP contribution in [0.15, 0.2) is 36.4 Å². The molecule has 1 N–H and O–H groups in total. The summed E-state index contributed by atoms with van der Waals surface area (Å²) in [7, 11) is 4.76. The van der Waals surface area contributed by atoms with Crippen molar-refractivity contribution in [3.05, 3.63) is 58.8 Å². The fraction of sp³-hybridized carbons (Fsp3) is 0.357. The minimum Gasteiger partial charge on any atom is -0.493 e. The van der Waals surface area contributed by atoms with E-state index in [-0.39, 0.29) is 11.3 Å². The minimum atomic E-state index is -0.920. The second kappa shape index (κ2) is 9.01. The molecule has 6 heteroatoms. The van der Waals surface area contributed by atoms with Crippen LogP contribution in [-0.2, 0) is 6.42 Å². The Balaban J connectivity index is 1.99. The van der Waals surface area contributed by atoms with Gasteiger partial charge >= 0.3 is 5.97 Å². The summed E-state index contributed by atoms with van der Waals surface area (Å²) in [6, 6.07) is 11.3. The Kier molecular flexibility index (Phi) is 6.26. The Labute approximate surface area is 200 Å². The van der Waals surface area contributed by atoms with Gasteiger partial charge in [-0.05, 0) is 65.1 Å². The Hall–Kier alpha value is -3.54. The summed E-state index contributed by atoms with van der Waals surface area (Å²) >= 11 is 0. The predicted molar refractivity (Wildman–Crippen MR) is 134 cm³/mol. The van der Waals surface area contributed by atoms with Crippen molar-refractivity contribution < 1.29 is 24.1 Å². The summed E-state index contributed by atoms with van der Waals surface area (Å²) < 4.78 is 16.5. The Morgan fingerprint density at radius 3 is 2.24 bits per heavy atom. The largest absolute Gasteiger partial charge is 0.493 e. The molecule has 1 heterocycles. The van der Waals surface area contributed by atoms with E-state index >= 15 is 0 Å². The molecule has 0 aliphatic heterocycles. The van der Waals surface area contributed by atoms with Gasteiger partial charge in [-0.25, -0.2) is 9.78 Å². The SMILES string of the molecule is COc1cc(/C=C2\CC(C(C)(C)C)Cc3c2nc2ccccc2c3C(=O)O)cc(OC)c1OC. The summed E-state index contributed by atoms with van der Waals surface area (Å²) in [6.07, 6.45) is 3.52. The van der Waals surface area contributed by atoms with Crippen LogP contribution in [0, 0.1) is 11.3 Å². The van der Waals surface area contributed by atoms with Gasteiger partial charge in [0, 0.05) is 5.39 Å². The Morgan fingerprint density at radius 1 is 1.03 bits per heavy atom. The van der Waals surface area contributed by atoms with E-state index in [1.807, 2.05) is 36.4 Å². The number of hydrogen-bond acceptors (Lipinski definition) is 5. The second-order valence-corrected chi connectivity index (χ2v) is 9.74. The summed E-state index contributed by atoms with van der Waals surface area (Å²) in [6.45, 7) is 6.61. The first-order valence-corrected chi connectivity index (χ1v) is 11.3. The molecule has 0 saturated carbocycles. The quantitative estimate of drug-likeness (QED) is 0.494. The van der Waals surface area contributed by atoms with Gasteiger partial charge in [-0.15, -0.1) is 0 Å². The number of carbonyl (C=O) groups is 1. The number of carboxylic acid groups (broad SMARTS) is 1. The van der Waals surface area contributed by atoms with Crippen molar-refractivity contribution in [2.45, 2.75) is 33.6 Å². The first-order chi connectivity index (χ1) is 16.2. The molecule has 1 unspecified atom stereocenters. The third-order valence-electron chi connectivity index (χ3n) is 6.68. The van der Waals surface area contributed by atoms with Crippen molar-refractivity contribution in [1.82, 2.24) is 4.98 Å². The topological polar surface area (TPSA) is 77.9 Å². The van der Waals surface area contributed by atoms with Crippen LogP contribution < -0.4 is 14.2 Å². The molecular formula is C28H31NO5. The average molecular weight is 462 g/mol. The van der Waals surface area contributed by atoms with Gasteiger partial charge in [-0.2, -0.15) is 0 Å². The van der Waals surface area contributed by atoms with Gasteiger partial charge in [0.25, 0.3) is 0 Å². The number of carboxylic acids is 1. The van der Waals surface area contributed by atoms with E-state index in [9.17, 15) is 9.90 Å². The number of nitrogens with zero attached hydrogens (tertiary/aromatic N) is 1. The summed E-state index contributed by atoms with van der Waals surface area (Å²) in [5.74, 6) is 0.997. The number of aromatic carboxylic acids is 1. The maximum absolute atomic E-state index is 12.5. The van der Waals surface area contributed by atoms with Gasteiger partial charge in [-0.3, -0.25) is 0 Å². The summed E-state index contributed by atoms with van der Waals surface area (Å²) in [5.41, 5.74) is 4.46. The maximum atomic E-state index is 12.5. The number of pyridine rings is 1. The summed E-state index contributed by atoms with van der Waals surface area (Å²) in [4.78, 5) is 17.4. The van der Waals surface area contributed by atoms with Crippen molar-refractivity contribution in [2.24, 2.45) is 11.3 Å². The fourth-order valence-electron chi connectivity index (χ4n) is 4.77. The normalized spacial score (nSPS) is 16.9. The average Bonchev–Trinajstić information content (AvgIpc) is 2.81. The highest BCUT2D eigenvalue weighted by molar-refractivity contribution is 6.06. The van der Waals surface area contributed by atoms with Crippen LogP contribution in [-0.4, -0.2) is 37.4 Å². The van der Waals surface area contributed by atoms with Crippen molar-refractivity contribution in [3.8, 4) is 17.2 Å². The van der Waals surface area contributed by atoms with E-state index in [0.717, 1.165) is 28.8 Å². The first kappa shape index (κ1) is 23.6. The lowest BCUT2D eigenvalue weighted by Gasteiger charge is -2.36. The lowest BCUT2D eigenvalue weighted by atomic mass is 9.69. The van der Waals surface area contributed by atoms with Gasteiger partial charge in [0.05, 0.1) is 38.1 Å². The van der Waals surface area contributed by atoms with Gasteiger partial charge < -0.3 is 19.3 Å². The number of aromatic nitrogens is 1. The zero-order valence-corrected chi connectivity index (χ0v) is 20.6. The third kappa shape index (κ3) is 4.20. The Bertz CT molecular complexity index is 1260. The molecular weight excluding hydrogens is 430 g/mol. The molecule has 1 aliphatic carbocycles. The number of benzene rings is 2. The van der Waals surface area contributed by atoms with E-state index in [2.05, 4.69) is 26.8 Å². The smallest absolute Gasteiger partial charge is 0.336 e. The van der Waals surface area contributed by atoms with Gasteiger partial charge in [0.15, 0.2) is 11.5 Å². The highest BCUT2D eigenvalue weighted by atomic mass is 16.5. The van der Waals surface area contributed by atoms with Crippen LogP contribution >= 0.6 is 0 Å². The van der Waals surface area contributed by atoms with Crippen LogP contribution in [0.1, 0.15) is 54.4 Å². The maximum Gasteiger partial charge on any atom is 0.336 e. The molecule has 0 amide bonds. The number of hydrogen-bond donors (Lipinski definition) is 1. The molecule has 0 radical (unpaired) electrons. The van der Waals surface area contributed by atoms with Crippen LogP contribution in [0.3, 0.4) is 0 Å². The van der Waals surface area contributed by atoms with E-state index in [1.54, 1.807) is 21.3 Å². The lowest BCUT2D eigenvalue weighted by molar-refractivity contribution is 0.0696. The molecule has 2 aromatic carbocycles. The molecule has 1 aromatic heterocycles. The van der Waals surface area contributed by atoms with Crippen LogP contribution in [0.4, 0.5) is 0 Å². The molecule has 1 aliphatic rings. The number of methoxy groups -OCH3 is 3. The van der Waals surface area contributed by atoms with Crippen LogP contribution in [0.5, 0.6) is 17.2 Å². The number of allylic oxidation sites excluding steroid dienone is 1. The standard InChI is InChI=1S/C28H31NO5/c1-28(2,3)18-14-17(11-16-12-22(32-4)26(34-6)23(13-16)33-5)25-20(15-18)24(27(30)31)19-9-7-8-10-21(19)29-25/h7-13,18H,14-15H2,1-6H3,(H,30,31)/b17-11+.